The van der Waals surface area contributed by atoms with Crippen LogP contribution in [0.5, 0.6) is 5.75 Å². The molecule has 1 atom stereocenters. The molecular formula is C22H24N4O3. The monoisotopic (exact) mass is 392 g/mol. The van der Waals surface area contributed by atoms with Crippen molar-refractivity contribution in [1.29, 1.82) is 0 Å². The van der Waals surface area contributed by atoms with Crippen molar-refractivity contribution in [1.82, 2.24) is 14.9 Å². The van der Waals surface area contributed by atoms with Gasteiger partial charge in [0.25, 0.3) is 0 Å². The topological polar surface area (TPSA) is 85.2 Å². The first-order chi connectivity index (χ1) is 14.0. The first-order valence-corrected chi connectivity index (χ1v) is 9.40. The third-order valence-electron chi connectivity index (χ3n) is 4.50. The minimum atomic E-state index is -0.715. The predicted molar refractivity (Wildman–Crippen MR) is 114 cm³/mol. The lowest BCUT2D eigenvalue weighted by Crippen LogP contribution is -2.41. The van der Waals surface area contributed by atoms with E-state index in [0.29, 0.717) is 12.5 Å². The number of benzene rings is 2. The van der Waals surface area contributed by atoms with Gasteiger partial charge in [0.05, 0.1) is 18.1 Å². The lowest BCUT2D eigenvalue weighted by Gasteiger charge is -2.13. The second kappa shape index (κ2) is 9.05. The van der Waals surface area contributed by atoms with Crippen LogP contribution < -0.4 is 15.4 Å². The molecule has 7 nitrogen and oxygen atoms in total. The van der Waals surface area contributed by atoms with Crippen LogP contribution in [0.2, 0.25) is 0 Å². The number of nitrogens with one attached hydrogen (secondary N) is 2. The Kier molecular flexibility index (Phi) is 6.29. The second-order valence-electron chi connectivity index (χ2n) is 6.49. The lowest BCUT2D eigenvalue weighted by molar-refractivity contribution is -0.123. The van der Waals surface area contributed by atoms with E-state index in [0.717, 1.165) is 22.3 Å². The minimum absolute atomic E-state index is 0.332. The molecule has 150 valence electrons. The van der Waals surface area contributed by atoms with Gasteiger partial charge in [0, 0.05) is 12.6 Å². The Morgan fingerprint density at radius 2 is 1.90 bits per heavy atom. The van der Waals surface area contributed by atoms with Gasteiger partial charge < -0.3 is 14.6 Å². The van der Waals surface area contributed by atoms with Crippen LogP contribution >= 0.6 is 0 Å². The SMILES string of the molecule is CCn1c(NC(=O)C(C)NC(=O)/C=C/c2ccc(OC)cc2)nc2ccccc21. The highest BCUT2D eigenvalue weighted by Crippen LogP contribution is 2.19. The van der Waals surface area contributed by atoms with Gasteiger partial charge in [-0.25, -0.2) is 4.98 Å². The summed E-state index contributed by atoms with van der Waals surface area (Å²) in [4.78, 5) is 29.1. The molecule has 1 aromatic heterocycles. The fourth-order valence-electron chi connectivity index (χ4n) is 2.92. The number of hydrogen-bond donors (Lipinski definition) is 2. The number of carbonyl (C=O) groups excluding carboxylic acids is 2. The number of hydrogen-bond acceptors (Lipinski definition) is 4. The molecule has 2 amide bonds. The number of methoxy groups -OCH3 is 1. The Bertz CT molecular complexity index is 1040. The van der Waals surface area contributed by atoms with Crippen LogP contribution in [0.25, 0.3) is 17.1 Å². The van der Waals surface area contributed by atoms with Crippen molar-refractivity contribution >= 4 is 34.9 Å². The summed E-state index contributed by atoms with van der Waals surface area (Å²) >= 11 is 0. The maximum Gasteiger partial charge on any atom is 0.248 e. The van der Waals surface area contributed by atoms with E-state index in [1.807, 2.05) is 60.0 Å². The van der Waals surface area contributed by atoms with Crippen molar-refractivity contribution in [3.8, 4) is 5.75 Å². The molecule has 29 heavy (non-hydrogen) atoms. The molecule has 0 aliphatic heterocycles. The number of nitrogens with zero attached hydrogens (tertiary/aromatic N) is 2. The molecule has 0 saturated carbocycles. The highest BCUT2D eigenvalue weighted by molar-refractivity contribution is 5.99. The zero-order valence-corrected chi connectivity index (χ0v) is 16.7. The molecule has 0 bridgehead atoms. The number of para-hydroxylation sites is 2. The van der Waals surface area contributed by atoms with E-state index >= 15 is 0 Å². The van der Waals surface area contributed by atoms with E-state index in [9.17, 15) is 9.59 Å². The van der Waals surface area contributed by atoms with Gasteiger partial charge in [-0.1, -0.05) is 24.3 Å². The van der Waals surface area contributed by atoms with Crippen molar-refractivity contribution in [3.05, 3.63) is 60.2 Å². The van der Waals surface area contributed by atoms with Crippen LogP contribution in [-0.2, 0) is 16.1 Å². The number of anilines is 1. The molecule has 2 aromatic carbocycles. The zero-order chi connectivity index (χ0) is 20.8. The van der Waals surface area contributed by atoms with Crippen molar-refractivity contribution in [3.63, 3.8) is 0 Å². The molecule has 3 rings (SSSR count). The molecule has 0 fully saturated rings. The summed E-state index contributed by atoms with van der Waals surface area (Å²) in [7, 11) is 1.60. The predicted octanol–water partition coefficient (Wildman–Crippen LogP) is 3.22. The van der Waals surface area contributed by atoms with E-state index in [1.165, 1.54) is 6.08 Å². The summed E-state index contributed by atoms with van der Waals surface area (Å²) in [5.74, 6) is 0.525. The number of aryl methyl sites for hydroxylation is 1. The third-order valence-corrected chi connectivity index (χ3v) is 4.50. The fraction of sp³-hybridized carbons (Fsp3) is 0.227. The molecular weight excluding hydrogens is 368 g/mol. The number of amides is 2. The molecule has 2 N–H and O–H groups in total. The summed E-state index contributed by atoms with van der Waals surface area (Å²) < 4.78 is 7.03. The quantitative estimate of drug-likeness (QED) is 0.605. The molecule has 0 saturated heterocycles. The molecule has 0 spiro atoms. The highest BCUT2D eigenvalue weighted by Gasteiger charge is 2.18. The van der Waals surface area contributed by atoms with Crippen LogP contribution in [0.15, 0.2) is 54.6 Å². The molecule has 1 unspecified atom stereocenters. The molecule has 7 heteroatoms. The lowest BCUT2D eigenvalue weighted by atomic mass is 10.2. The first kappa shape index (κ1) is 20.1. The first-order valence-electron chi connectivity index (χ1n) is 9.40. The van der Waals surface area contributed by atoms with E-state index in [1.54, 1.807) is 20.1 Å². The van der Waals surface area contributed by atoms with E-state index < -0.39 is 6.04 Å². The summed E-state index contributed by atoms with van der Waals surface area (Å²) in [6, 6.07) is 14.3. The van der Waals surface area contributed by atoms with E-state index in [2.05, 4.69) is 15.6 Å². The Balaban J connectivity index is 1.61. The number of fused-ring (bicyclic) bond motifs is 1. The largest absolute Gasteiger partial charge is 0.497 e. The van der Waals surface area contributed by atoms with Gasteiger partial charge >= 0.3 is 0 Å². The van der Waals surface area contributed by atoms with E-state index in [4.69, 9.17) is 4.74 Å². The van der Waals surface area contributed by atoms with Gasteiger partial charge in [-0.15, -0.1) is 0 Å². The average molecular weight is 392 g/mol. The second-order valence-corrected chi connectivity index (χ2v) is 6.49. The maximum atomic E-state index is 12.5. The smallest absolute Gasteiger partial charge is 0.248 e. The van der Waals surface area contributed by atoms with Gasteiger partial charge in [-0.3, -0.25) is 14.9 Å². The Morgan fingerprint density at radius 1 is 1.17 bits per heavy atom. The molecule has 1 heterocycles. The number of ether oxygens (including phenoxy) is 1. The third kappa shape index (κ3) is 4.82. The maximum absolute atomic E-state index is 12.5. The standard InChI is InChI=1S/C22H24N4O3/c1-4-26-19-8-6-5-7-18(19)24-22(26)25-21(28)15(2)23-20(27)14-11-16-9-12-17(29-3)13-10-16/h5-15H,4H2,1-3H3,(H,23,27)(H,24,25,28)/b14-11+. The van der Waals surface area contributed by atoms with Gasteiger partial charge in [0.2, 0.25) is 17.8 Å². The molecule has 0 radical (unpaired) electrons. The van der Waals surface area contributed by atoms with Crippen LogP contribution in [-0.4, -0.2) is 34.5 Å². The summed E-state index contributed by atoms with van der Waals surface area (Å²) in [5.41, 5.74) is 2.61. The number of aromatic nitrogens is 2. The number of carbonyl (C=O) groups is 2. The molecule has 0 aliphatic carbocycles. The summed E-state index contributed by atoms with van der Waals surface area (Å²) in [6.07, 6.45) is 3.07. The van der Waals surface area contributed by atoms with Crippen LogP contribution in [0.4, 0.5) is 5.95 Å². The van der Waals surface area contributed by atoms with Gasteiger partial charge in [0.1, 0.15) is 11.8 Å². The Morgan fingerprint density at radius 3 is 2.59 bits per heavy atom. The fourth-order valence-corrected chi connectivity index (χ4v) is 2.92. The van der Waals surface area contributed by atoms with Gasteiger partial charge in [-0.2, -0.15) is 0 Å². The van der Waals surface area contributed by atoms with E-state index in [-0.39, 0.29) is 11.8 Å². The minimum Gasteiger partial charge on any atom is -0.497 e. The Labute approximate surface area is 169 Å². The summed E-state index contributed by atoms with van der Waals surface area (Å²) in [6.45, 7) is 4.29. The van der Waals surface area contributed by atoms with Crippen LogP contribution in [0.1, 0.15) is 19.4 Å². The van der Waals surface area contributed by atoms with Gasteiger partial charge in [-0.05, 0) is 49.8 Å². The Hall–Kier alpha value is -3.61. The number of imidazole rings is 1. The normalized spacial score (nSPS) is 12.1. The molecule has 3 aromatic rings. The van der Waals surface area contributed by atoms with Gasteiger partial charge in [0.15, 0.2) is 0 Å². The zero-order valence-electron chi connectivity index (χ0n) is 16.7. The van der Waals surface area contributed by atoms with Crippen molar-refractivity contribution in [2.45, 2.75) is 26.4 Å². The highest BCUT2D eigenvalue weighted by atomic mass is 16.5. The van der Waals surface area contributed by atoms with Crippen molar-refractivity contribution in [2.75, 3.05) is 12.4 Å². The van der Waals surface area contributed by atoms with Crippen molar-refractivity contribution in [2.24, 2.45) is 0 Å². The van der Waals surface area contributed by atoms with Crippen molar-refractivity contribution < 1.29 is 14.3 Å². The number of rotatable bonds is 7. The average Bonchev–Trinajstić information content (AvgIpc) is 3.09. The summed E-state index contributed by atoms with van der Waals surface area (Å²) in [5, 5.41) is 5.47. The van der Waals surface area contributed by atoms with Crippen LogP contribution in [0, 0.1) is 0 Å². The van der Waals surface area contributed by atoms with Crippen LogP contribution in [0.3, 0.4) is 0 Å². The molecule has 0 aliphatic rings.